The first kappa shape index (κ1) is 13.5. The Morgan fingerprint density at radius 2 is 1.61 bits per heavy atom. The molecule has 18 heavy (non-hydrogen) atoms. The summed E-state index contributed by atoms with van der Waals surface area (Å²) in [5.41, 5.74) is 0.898. The summed E-state index contributed by atoms with van der Waals surface area (Å²) < 4.78 is 0. The van der Waals surface area contributed by atoms with Crippen molar-refractivity contribution in [3.05, 3.63) is 65.2 Å². The molecule has 0 spiro atoms. The van der Waals surface area contributed by atoms with Crippen molar-refractivity contribution in [2.75, 3.05) is 0 Å². The SMILES string of the molecule is C[C@@H](Sc1ccccc1)[C@H](O)c1ccc(Cl)cc1. The third-order valence-electron chi connectivity index (χ3n) is 2.72. The van der Waals surface area contributed by atoms with Gasteiger partial charge in [-0.25, -0.2) is 0 Å². The van der Waals surface area contributed by atoms with E-state index in [1.165, 1.54) is 0 Å². The van der Waals surface area contributed by atoms with Crippen LogP contribution in [0.25, 0.3) is 0 Å². The van der Waals surface area contributed by atoms with Crippen molar-refractivity contribution in [2.45, 2.75) is 23.2 Å². The molecule has 2 aromatic rings. The minimum absolute atomic E-state index is 0.0913. The molecule has 0 amide bonds. The van der Waals surface area contributed by atoms with E-state index in [2.05, 4.69) is 12.1 Å². The van der Waals surface area contributed by atoms with Gasteiger partial charge in [-0.15, -0.1) is 11.8 Å². The Balaban J connectivity index is 2.05. The second kappa shape index (κ2) is 6.28. The summed E-state index contributed by atoms with van der Waals surface area (Å²) in [5.74, 6) is 0. The molecular formula is C15H15ClOS. The molecule has 3 heteroatoms. The molecule has 0 heterocycles. The molecule has 0 saturated heterocycles. The van der Waals surface area contributed by atoms with Gasteiger partial charge < -0.3 is 5.11 Å². The fraction of sp³-hybridized carbons (Fsp3) is 0.200. The second-order valence-electron chi connectivity index (χ2n) is 4.13. The first-order valence-electron chi connectivity index (χ1n) is 5.82. The second-order valence-corrected chi connectivity index (χ2v) is 6.02. The Bertz CT molecular complexity index is 484. The fourth-order valence-corrected chi connectivity index (χ4v) is 2.86. The molecule has 2 rings (SSSR count). The van der Waals surface area contributed by atoms with Crippen molar-refractivity contribution >= 4 is 23.4 Å². The van der Waals surface area contributed by atoms with E-state index >= 15 is 0 Å². The number of aliphatic hydroxyl groups excluding tert-OH is 1. The van der Waals surface area contributed by atoms with Crippen LogP contribution < -0.4 is 0 Å². The average Bonchev–Trinajstić information content (AvgIpc) is 2.40. The third-order valence-corrected chi connectivity index (χ3v) is 4.15. The van der Waals surface area contributed by atoms with Gasteiger partial charge in [0.2, 0.25) is 0 Å². The van der Waals surface area contributed by atoms with E-state index in [4.69, 9.17) is 11.6 Å². The number of benzene rings is 2. The van der Waals surface area contributed by atoms with Crippen molar-refractivity contribution in [2.24, 2.45) is 0 Å². The number of aliphatic hydroxyl groups is 1. The summed E-state index contributed by atoms with van der Waals surface area (Å²) >= 11 is 7.51. The molecule has 0 radical (unpaired) electrons. The largest absolute Gasteiger partial charge is 0.387 e. The molecule has 1 nitrogen and oxygen atoms in total. The van der Waals surface area contributed by atoms with Crippen LogP contribution in [0.5, 0.6) is 0 Å². The minimum atomic E-state index is -0.493. The van der Waals surface area contributed by atoms with Crippen molar-refractivity contribution in [1.29, 1.82) is 0 Å². The summed E-state index contributed by atoms with van der Waals surface area (Å²) in [7, 11) is 0. The Labute approximate surface area is 117 Å². The van der Waals surface area contributed by atoms with Crippen molar-refractivity contribution in [1.82, 2.24) is 0 Å². The van der Waals surface area contributed by atoms with Crippen LogP contribution in [0.1, 0.15) is 18.6 Å². The van der Waals surface area contributed by atoms with Gasteiger partial charge in [0.1, 0.15) is 0 Å². The lowest BCUT2D eigenvalue weighted by molar-refractivity contribution is 0.179. The zero-order chi connectivity index (χ0) is 13.0. The lowest BCUT2D eigenvalue weighted by Crippen LogP contribution is -2.10. The minimum Gasteiger partial charge on any atom is -0.387 e. The van der Waals surface area contributed by atoms with Crippen LogP contribution in [-0.4, -0.2) is 10.4 Å². The van der Waals surface area contributed by atoms with Crippen LogP contribution in [0.3, 0.4) is 0 Å². The molecule has 2 atom stereocenters. The maximum Gasteiger partial charge on any atom is 0.0909 e. The van der Waals surface area contributed by atoms with E-state index < -0.39 is 6.10 Å². The standard InChI is InChI=1S/C15H15ClOS/c1-11(18-14-5-3-2-4-6-14)15(17)12-7-9-13(16)10-8-12/h2-11,15,17H,1H3/t11-,15+/m1/s1. The molecule has 0 aliphatic carbocycles. The number of thioether (sulfide) groups is 1. The molecule has 0 aliphatic rings. The third kappa shape index (κ3) is 3.52. The van der Waals surface area contributed by atoms with Gasteiger partial charge in [0.05, 0.1) is 6.10 Å². The van der Waals surface area contributed by atoms with Crippen LogP contribution in [0.2, 0.25) is 5.02 Å². The molecular weight excluding hydrogens is 264 g/mol. The zero-order valence-electron chi connectivity index (χ0n) is 10.1. The average molecular weight is 279 g/mol. The predicted octanol–water partition coefficient (Wildman–Crippen LogP) is 4.55. The van der Waals surface area contributed by atoms with Gasteiger partial charge in [-0.3, -0.25) is 0 Å². The predicted molar refractivity (Wildman–Crippen MR) is 78.2 cm³/mol. The van der Waals surface area contributed by atoms with Gasteiger partial charge >= 0.3 is 0 Å². The molecule has 0 unspecified atom stereocenters. The van der Waals surface area contributed by atoms with Crippen LogP contribution in [0, 0.1) is 0 Å². The normalized spacial score (nSPS) is 14.2. The van der Waals surface area contributed by atoms with E-state index in [0.29, 0.717) is 5.02 Å². The van der Waals surface area contributed by atoms with Gasteiger partial charge in [0.15, 0.2) is 0 Å². The summed E-state index contributed by atoms with van der Waals surface area (Å²) in [5, 5.41) is 11.1. The smallest absolute Gasteiger partial charge is 0.0909 e. The molecule has 1 N–H and O–H groups in total. The molecule has 0 fully saturated rings. The Morgan fingerprint density at radius 3 is 2.22 bits per heavy atom. The lowest BCUT2D eigenvalue weighted by Gasteiger charge is -2.18. The van der Waals surface area contributed by atoms with E-state index in [-0.39, 0.29) is 5.25 Å². The van der Waals surface area contributed by atoms with Crippen LogP contribution in [0.15, 0.2) is 59.5 Å². The van der Waals surface area contributed by atoms with Gasteiger partial charge in [0.25, 0.3) is 0 Å². The number of rotatable bonds is 4. The van der Waals surface area contributed by atoms with E-state index in [1.807, 2.05) is 37.3 Å². The molecule has 0 aliphatic heterocycles. The number of halogens is 1. The zero-order valence-corrected chi connectivity index (χ0v) is 11.7. The first-order valence-corrected chi connectivity index (χ1v) is 7.08. The van der Waals surface area contributed by atoms with Gasteiger partial charge in [-0.05, 0) is 29.8 Å². The highest BCUT2D eigenvalue weighted by atomic mass is 35.5. The van der Waals surface area contributed by atoms with E-state index in [1.54, 1.807) is 23.9 Å². The van der Waals surface area contributed by atoms with E-state index in [9.17, 15) is 5.11 Å². The fourth-order valence-electron chi connectivity index (χ4n) is 1.71. The lowest BCUT2D eigenvalue weighted by atomic mass is 10.1. The Morgan fingerprint density at radius 1 is 1.00 bits per heavy atom. The molecule has 94 valence electrons. The highest BCUT2D eigenvalue weighted by Gasteiger charge is 2.17. The molecule has 0 saturated carbocycles. The topological polar surface area (TPSA) is 20.2 Å². The quantitative estimate of drug-likeness (QED) is 0.828. The Hall–Kier alpha value is -0.960. The highest BCUT2D eigenvalue weighted by Crippen LogP contribution is 2.32. The number of hydrogen-bond donors (Lipinski definition) is 1. The summed E-state index contributed by atoms with van der Waals surface area (Å²) in [6.45, 7) is 2.02. The van der Waals surface area contributed by atoms with Crippen molar-refractivity contribution in [3.63, 3.8) is 0 Å². The number of hydrogen-bond acceptors (Lipinski definition) is 2. The highest BCUT2D eigenvalue weighted by molar-refractivity contribution is 8.00. The maximum absolute atomic E-state index is 10.3. The van der Waals surface area contributed by atoms with Crippen molar-refractivity contribution in [3.8, 4) is 0 Å². The molecule has 0 aromatic heterocycles. The summed E-state index contributed by atoms with van der Waals surface area (Å²) in [6.07, 6.45) is -0.493. The summed E-state index contributed by atoms with van der Waals surface area (Å²) in [6, 6.07) is 17.5. The van der Waals surface area contributed by atoms with Gasteiger partial charge in [-0.2, -0.15) is 0 Å². The Kier molecular flexibility index (Phi) is 4.70. The van der Waals surface area contributed by atoms with Gasteiger partial charge in [0, 0.05) is 15.2 Å². The van der Waals surface area contributed by atoms with Crippen molar-refractivity contribution < 1.29 is 5.11 Å². The monoisotopic (exact) mass is 278 g/mol. The summed E-state index contributed by atoms with van der Waals surface area (Å²) in [4.78, 5) is 1.16. The molecule has 2 aromatic carbocycles. The maximum atomic E-state index is 10.3. The van der Waals surface area contributed by atoms with E-state index in [0.717, 1.165) is 10.5 Å². The van der Waals surface area contributed by atoms with Crippen LogP contribution >= 0.6 is 23.4 Å². The van der Waals surface area contributed by atoms with Crippen LogP contribution in [-0.2, 0) is 0 Å². The first-order chi connectivity index (χ1) is 8.66. The van der Waals surface area contributed by atoms with Crippen LogP contribution in [0.4, 0.5) is 0 Å². The molecule has 0 bridgehead atoms. The van der Waals surface area contributed by atoms with Gasteiger partial charge in [-0.1, -0.05) is 48.9 Å².